The summed E-state index contributed by atoms with van der Waals surface area (Å²) in [5, 5.41) is 9.62. The Balaban J connectivity index is 2.20. The predicted molar refractivity (Wildman–Crippen MR) is 83.9 cm³/mol. The van der Waals surface area contributed by atoms with Gasteiger partial charge < -0.3 is 14.6 Å². The molecule has 0 aromatic heterocycles. The molecule has 21 heavy (non-hydrogen) atoms. The number of aliphatic hydroxyl groups is 1. The molecule has 2 rings (SSSR count). The molecule has 3 heteroatoms. The zero-order chi connectivity index (χ0) is 15.4. The highest BCUT2D eigenvalue weighted by Gasteiger charge is 2.10. The summed E-state index contributed by atoms with van der Waals surface area (Å²) in [6.07, 6.45) is -0.522. The second kappa shape index (κ2) is 6.64. The molecule has 2 aromatic carbocycles. The van der Waals surface area contributed by atoms with Gasteiger partial charge in [0.05, 0.1) is 13.2 Å². The molecule has 0 spiro atoms. The molecule has 1 N–H and O–H groups in total. The van der Waals surface area contributed by atoms with Crippen LogP contribution in [0.3, 0.4) is 0 Å². The first-order valence-corrected chi connectivity index (χ1v) is 7.07. The van der Waals surface area contributed by atoms with E-state index in [-0.39, 0.29) is 0 Å². The standard InChI is InChI=1S/C18H22O3/c1-12-6-5-7-13(2)16(12)11-21-17-9-8-15(14(3)19)10-18(17)20-4/h5-10,14,19H,11H2,1-4H3/t14-/m0/s1. The third kappa shape index (κ3) is 3.56. The number of hydrogen-bond acceptors (Lipinski definition) is 3. The first-order chi connectivity index (χ1) is 10.0. The monoisotopic (exact) mass is 286 g/mol. The van der Waals surface area contributed by atoms with E-state index in [1.54, 1.807) is 14.0 Å². The van der Waals surface area contributed by atoms with E-state index < -0.39 is 6.10 Å². The maximum atomic E-state index is 9.62. The van der Waals surface area contributed by atoms with Crippen molar-refractivity contribution in [1.82, 2.24) is 0 Å². The Morgan fingerprint density at radius 3 is 2.29 bits per heavy atom. The van der Waals surface area contributed by atoms with Gasteiger partial charge in [0.1, 0.15) is 6.61 Å². The lowest BCUT2D eigenvalue weighted by molar-refractivity contribution is 0.198. The van der Waals surface area contributed by atoms with Crippen molar-refractivity contribution in [3.05, 3.63) is 58.7 Å². The summed E-state index contributed by atoms with van der Waals surface area (Å²) in [4.78, 5) is 0. The number of aryl methyl sites for hydroxylation is 2. The summed E-state index contributed by atoms with van der Waals surface area (Å²) in [5.41, 5.74) is 4.44. The van der Waals surface area contributed by atoms with Crippen molar-refractivity contribution in [2.75, 3.05) is 7.11 Å². The Kier molecular flexibility index (Phi) is 4.86. The van der Waals surface area contributed by atoms with Crippen LogP contribution in [0.5, 0.6) is 11.5 Å². The van der Waals surface area contributed by atoms with Gasteiger partial charge in [-0.15, -0.1) is 0 Å². The van der Waals surface area contributed by atoms with Gasteiger partial charge in [-0.3, -0.25) is 0 Å². The normalized spacial score (nSPS) is 12.0. The number of aliphatic hydroxyl groups excluding tert-OH is 1. The van der Waals surface area contributed by atoms with E-state index in [1.807, 2.05) is 24.3 Å². The average Bonchev–Trinajstić information content (AvgIpc) is 2.46. The molecule has 0 aliphatic carbocycles. The van der Waals surface area contributed by atoms with Crippen molar-refractivity contribution in [2.45, 2.75) is 33.5 Å². The van der Waals surface area contributed by atoms with Crippen LogP contribution in [-0.2, 0) is 6.61 Å². The van der Waals surface area contributed by atoms with Crippen molar-refractivity contribution in [2.24, 2.45) is 0 Å². The molecule has 0 unspecified atom stereocenters. The van der Waals surface area contributed by atoms with Gasteiger partial charge in [0.2, 0.25) is 0 Å². The zero-order valence-electron chi connectivity index (χ0n) is 13.0. The highest BCUT2D eigenvalue weighted by Crippen LogP contribution is 2.31. The quantitative estimate of drug-likeness (QED) is 0.904. The summed E-state index contributed by atoms with van der Waals surface area (Å²) in [6, 6.07) is 11.7. The summed E-state index contributed by atoms with van der Waals surface area (Å²) < 4.78 is 11.3. The average molecular weight is 286 g/mol. The van der Waals surface area contributed by atoms with Crippen LogP contribution in [0.2, 0.25) is 0 Å². The summed E-state index contributed by atoms with van der Waals surface area (Å²) in [6.45, 7) is 6.40. The smallest absolute Gasteiger partial charge is 0.161 e. The lowest BCUT2D eigenvalue weighted by Gasteiger charge is -2.15. The number of ether oxygens (including phenoxy) is 2. The molecule has 0 radical (unpaired) electrons. The fraction of sp³-hybridized carbons (Fsp3) is 0.333. The molecule has 3 nitrogen and oxygen atoms in total. The van der Waals surface area contributed by atoms with Gasteiger partial charge in [0.15, 0.2) is 11.5 Å². The Hall–Kier alpha value is -2.00. The minimum atomic E-state index is -0.522. The summed E-state index contributed by atoms with van der Waals surface area (Å²) in [5.74, 6) is 1.32. The lowest BCUT2D eigenvalue weighted by Crippen LogP contribution is -2.02. The Labute approximate surface area is 126 Å². The van der Waals surface area contributed by atoms with Crippen molar-refractivity contribution in [3.8, 4) is 11.5 Å². The molecule has 1 atom stereocenters. The molecule has 0 bridgehead atoms. The van der Waals surface area contributed by atoms with Crippen LogP contribution in [0.25, 0.3) is 0 Å². The van der Waals surface area contributed by atoms with Crippen molar-refractivity contribution in [1.29, 1.82) is 0 Å². The third-order valence-electron chi connectivity index (χ3n) is 3.69. The zero-order valence-corrected chi connectivity index (χ0v) is 13.0. The van der Waals surface area contributed by atoms with Crippen LogP contribution in [0, 0.1) is 13.8 Å². The molecule has 112 valence electrons. The molecule has 0 aliphatic rings. The number of rotatable bonds is 5. The largest absolute Gasteiger partial charge is 0.493 e. The summed E-state index contributed by atoms with van der Waals surface area (Å²) in [7, 11) is 1.60. The van der Waals surface area contributed by atoms with Crippen molar-refractivity contribution in [3.63, 3.8) is 0 Å². The molecule has 0 saturated carbocycles. The molecule has 0 amide bonds. The maximum absolute atomic E-state index is 9.62. The SMILES string of the molecule is COc1cc([C@H](C)O)ccc1OCc1c(C)cccc1C. The Bertz CT molecular complexity index is 598. The fourth-order valence-corrected chi connectivity index (χ4v) is 2.29. The van der Waals surface area contributed by atoms with Gasteiger partial charge in [0.25, 0.3) is 0 Å². The topological polar surface area (TPSA) is 38.7 Å². The second-order valence-corrected chi connectivity index (χ2v) is 5.25. The first-order valence-electron chi connectivity index (χ1n) is 7.07. The minimum Gasteiger partial charge on any atom is -0.493 e. The highest BCUT2D eigenvalue weighted by atomic mass is 16.5. The van der Waals surface area contributed by atoms with Crippen LogP contribution in [0.4, 0.5) is 0 Å². The van der Waals surface area contributed by atoms with E-state index in [2.05, 4.69) is 26.0 Å². The highest BCUT2D eigenvalue weighted by molar-refractivity contribution is 5.44. The molecule has 0 aliphatic heterocycles. The van der Waals surface area contributed by atoms with Gasteiger partial charge in [-0.1, -0.05) is 24.3 Å². The predicted octanol–water partition coefficient (Wildman–Crippen LogP) is 3.94. The molecular weight excluding hydrogens is 264 g/mol. The Morgan fingerprint density at radius 2 is 1.71 bits per heavy atom. The van der Waals surface area contributed by atoms with E-state index in [4.69, 9.17) is 9.47 Å². The lowest BCUT2D eigenvalue weighted by atomic mass is 10.0. The van der Waals surface area contributed by atoms with Gasteiger partial charge in [-0.25, -0.2) is 0 Å². The maximum Gasteiger partial charge on any atom is 0.161 e. The van der Waals surface area contributed by atoms with Crippen molar-refractivity contribution >= 4 is 0 Å². The Morgan fingerprint density at radius 1 is 1.05 bits per heavy atom. The van der Waals surface area contributed by atoms with Gasteiger partial charge in [0, 0.05) is 0 Å². The molecule has 0 heterocycles. The van der Waals surface area contributed by atoms with Crippen LogP contribution in [-0.4, -0.2) is 12.2 Å². The number of methoxy groups -OCH3 is 1. The van der Waals surface area contributed by atoms with Crippen LogP contribution >= 0.6 is 0 Å². The van der Waals surface area contributed by atoms with Crippen molar-refractivity contribution < 1.29 is 14.6 Å². The van der Waals surface area contributed by atoms with E-state index in [0.717, 1.165) is 5.56 Å². The van der Waals surface area contributed by atoms with Crippen LogP contribution in [0.1, 0.15) is 35.3 Å². The van der Waals surface area contributed by atoms with E-state index in [9.17, 15) is 5.11 Å². The van der Waals surface area contributed by atoms with Crippen LogP contribution < -0.4 is 9.47 Å². The summed E-state index contributed by atoms with van der Waals surface area (Å²) >= 11 is 0. The van der Waals surface area contributed by atoms with E-state index in [0.29, 0.717) is 18.1 Å². The molecule has 0 fully saturated rings. The van der Waals surface area contributed by atoms with E-state index in [1.165, 1.54) is 16.7 Å². The number of hydrogen-bond donors (Lipinski definition) is 1. The third-order valence-corrected chi connectivity index (χ3v) is 3.69. The van der Waals surface area contributed by atoms with Gasteiger partial charge >= 0.3 is 0 Å². The van der Waals surface area contributed by atoms with E-state index >= 15 is 0 Å². The minimum absolute atomic E-state index is 0.503. The van der Waals surface area contributed by atoms with Gasteiger partial charge in [-0.2, -0.15) is 0 Å². The molecule has 0 saturated heterocycles. The molecular formula is C18H22O3. The molecule has 2 aromatic rings. The van der Waals surface area contributed by atoms with Crippen LogP contribution in [0.15, 0.2) is 36.4 Å². The second-order valence-electron chi connectivity index (χ2n) is 5.25. The van der Waals surface area contributed by atoms with Gasteiger partial charge in [-0.05, 0) is 55.2 Å². The first kappa shape index (κ1) is 15.4. The number of benzene rings is 2. The fourth-order valence-electron chi connectivity index (χ4n) is 2.29.